The van der Waals surface area contributed by atoms with E-state index in [4.69, 9.17) is 9.15 Å². The predicted molar refractivity (Wildman–Crippen MR) is 141 cm³/mol. The highest BCUT2D eigenvalue weighted by Crippen LogP contribution is 2.41. The van der Waals surface area contributed by atoms with Gasteiger partial charge >= 0.3 is 0 Å². The number of anilines is 1. The molecule has 0 N–H and O–H groups in total. The van der Waals surface area contributed by atoms with Crippen LogP contribution in [-0.4, -0.2) is 17.5 Å². The lowest BCUT2D eigenvalue weighted by Gasteiger charge is -2.25. The molecule has 0 aliphatic carbocycles. The zero-order chi connectivity index (χ0) is 25.6. The molecule has 2 aromatic carbocycles. The van der Waals surface area contributed by atoms with Gasteiger partial charge < -0.3 is 9.15 Å². The fraction of sp³-hybridized carbons (Fsp3) is 0.300. The first-order valence-corrected chi connectivity index (χ1v) is 12.3. The molecule has 0 radical (unpaired) electrons. The van der Waals surface area contributed by atoms with Crippen molar-refractivity contribution in [1.29, 1.82) is 0 Å². The lowest BCUT2D eigenvalue weighted by Crippen LogP contribution is -2.30. The number of carbonyl (C=O) groups is 1. The Morgan fingerprint density at radius 3 is 2.50 bits per heavy atom. The maximum absolute atomic E-state index is 13.9. The number of carbonyl (C=O) groups excluding carboxylic acids is 1. The van der Waals surface area contributed by atoms with E-state index in [1.165, 1.54) is 0 Å². The van der Waals surface area contributed by atoms with Gasteiger partial charge in [0.2, 0.25) is 5.76 Å². The standard InChI is InChI=1S/C30H30N2O4/c1-17(2)12-13-35-22-10-7-9-21(16-22)27-26-28(33)23-14-18(3)19(4)15-24(23)36-29(26)30(34)32(27)25-11-6-8-20(5)31-25/h6-11,14-17,27H,12-13H2,1-5H3. The maximum Gasteiger partial charge on any atom is 0.296 e. The molecule has 1 aliphatic rings. The molecule has 2 aromatic heterocycles. The topological polar surface area (TPSA) is 72.6 Å². The van der Waals surface area contributed by atoms with Gasteiger partial charge in [-0.15, -0.1) is 0 Å². The minimum absolute atomic E-state index is 0.0650. The quantitative estimate of drug-likeness (QED) is 0.323. The van der Waals surface area contributed by atoms with Gasteiger partial charge in [0.15, 0.2) is 5.43 Å². The van der Waals surface area contributed by atoms with Gasteiger partial charge in [0, 0.05) is 5.69 Å². The predicted octanol–water partition coefficient (Wildman–Crippen LogP) is 6.29. The van der Waals surface area contributed by atoms with Crippen molar-refractivity contribution in [2.75, 3.05) is 11.5 Å². The van der Waals surface area contributed by atoms with Crippen molar-refractivity contribution in [3.05, 3.63) is 98.5 Å². The molecule has 0 bridgehead atoms. The molecule has 1 aliphatic heterocycles. The first kappa shape index (κ1) is 23.8. The molecule has 1 unspecified atom stereocenters. The molecule has 0 saturated heterocycles. The Labute approximate surface area is 210 Å². The van der Waals surface area contributed by atoms with E-state index in [0.717, 1.165) is 28.8 Å². The molecule has 1 atom stereocenters. The van der Waals surface area contributed by atoms with E-state index in [9.17, 15) is 9.59 Å². The third-order valence-corrected chi connectivity index (χ3v) is 6.74. The summed E-state index contributed by atoms with van der Waals surface area (Å²) in [6.07, 6.45) is 0.933. The largest absolute Gasteiger partial charge is 0.494 e. The molecule has 0 saturated carbocycles. The molecule has 6 heteroatoms. The number of aryl methyl sites for hydroxylation is 3. The number of nitrogens with zero attached hydrogens (tertiary/aromatic N) is 2. The highest BCUT2D eigenvalue weighted by atomic mass is 16.5. The number of fused-ring (bicyclic) bond motifs is 2. The molecule has 184 valence electrons. The van der Waals surface area contributed by atoms with Crippen LogP contribution >= 0.6 is 0 Å². The smallest absolute Gasteiger partial charge is 0.296 e. The average molecular weight is 483 g/mol. The van der Waals surface area contributed by atoms with Crippen LogP contribution in [0.1, 0.15) is 64.8 Å². The van der Waals surface area contributed by atoms with Gasteiger partial charge in [0.25, 0.3) is 5.91 Å². The van der Waals surface area contributed by atoms with Crippen molar-refractivity contribution in [2.45, 2.75) is 47.1 Å². The van der Waals surface area contributed by atoms with Crippen LogP contribution in [-0.2, 0) is 0 Å². The second kappa shape index (κ2) is 9.26. The van der Waals surface area contributed by atoms with E-state index in [1.54, 1.807) is 11.0 Å². The second-order valence-corrected chi connectivity index (χ2v) is 9.92. The van der Waals surface area contributed by atoms with Crippen LogP contribution in [0, 0.1) is 26.7 Å². The first-order chi connectivity index (χ1) is 17.2. The van der Waals surface area contributed by atoms with Gasteiger partial charge in [-0.3, -0.25) is 14.5 Å². The van der Waals surface area contributed by atoms with Gasteiger partial charge in [-0.1, -0.05) is 32.0 Å². The van der Waals surface area contributed by atoms with Crippen LogP contribution in [0.3, 0.4) is 0 Å². The van der Waals surface area contributed by atoms with Crippen molar-refractivity contribution in [3.8, 4) is 5.75 Å². The summed E-state index contributed by atoms with van der Waals surface area (Å²) in [5.74, 6) is 1.38. The number of hydrogen-bond donors (Lipinski definition) is 0. The summed E-state index contributed by atoms with van der Waals surface area (Å²) in [6.45, 7) is 10.7. The number of hydrogen-bond acceptors (Lipinski definition) is 5. The number of pyridine rings is 1. The Bertz CT molecular complexity index is 1540. The minimum atomic E-state index is -0.683. The Kier molecular flexibility index (Phi) is 6.12. The molecule has 4 aromatic rings. The molecular formula is C30H30N2O4. The Hall–Kier alpha value is -3.93. The van der Waals surface area contributed by atoms with E-state index in [0.29, 0.717) is 40.6 Å². The van der Waals surface area contributed by atoms with Gasteiger partial charge in [-0.2, -0.15) is 0 Å². The number of rotatable bonds is 6. The van der Waals surface area contributed by atoms with Crippen LogP contribution in [0.2, 0.25) is 0 Å². The van der Waals surface area contributed by atoms with Crippen LogP contribution in [0.4, 0.5) is 5.82 Å². The number of benzene rings is 2. The summed E-state index contributed by atoms with van der Waals surface area (Å²) >= 11 is 0. The van der Waals surface area contributed by atoms with Gasteiger partial charge in [-0.05, 0) is 86.2 Å². The number of ether oxygens (including phenoxy) is 1. The fourth-order valence-electron chi connectivity index (χ4n) is 4.63. The zero-order valence-corrected chi connectivity index (χ0v) is 21.3. The summed E-state index contributed by atoms with van der Waals surface area (Å²) in [7, 11) is 0. The molecule has 3 heterocycles. The van der Waals surface area contributed by atoms with E-state index in [-0.39, 0.29) is 17.1 Å². The van der Waals surface area contributed by atoms with Crippen molar-refractivity contribution >= 4 is 22.7 Å². The highest BCUT2D eigenvalue weighted by molar-refractivity contribution is 6.10. The molecule has 36 heavy (non-hydrogen) atoms. The third-order valence-electron chi connectivity index (χ3n) is 6.74. The Morgan fingerprint density at radius 1 is 1.00 bits per heavy atom. The van der Waals surface area contributed by atoms with E-state index < -0.39 is 6.04 Å². The molecule has 5 rings (SSSR count). The van der Waals surface area contributed by atoms with Crippen LogP contribution in [0.15, 0.2) is 63.8 Å². The lowest BCUT2D eigenvalue weighted by atomic mass is 9.97. The maximum atomic E-state index is 13.9. The van der Waals surface area contributed by atoms with Crippen molar-refractivity contribution in [2.24, 2.45) is 5.92 Å². The monoisotopic (exact) mass is 482 g/mol. The molecular weight excluding hydrogens is 452 g/mol. The van der Waals surface area contributed by atoms with E-state index in [2.05, 4.69) is 18.8 Å². The van der Waals surface area contributed by atoms with Gasteiger partial charge in [0.05, 0.1) is 23.6 Å². The van der Waals surface area contributed by atoms with Gasteiger partial charge in [0.1, 0.15) is 17.2 Å². The first-order valence-electron chi connectivity index (χ1n) is 12.3. The van der Waals surface area contributed by atoms with Gasteiger partial charge in [-0.25, -0.2) is 4.98 Å². The third kappa shape index (κ3) is 4.17. The van der Waals surface area contributed by atoms with Crippen LogP contribution < -0.4 is 15.1 Å². The second-order valence-electron chi connectivity index (χ2n) is 9.92. The molecule has 6 nitrogen and oxygen atoms in total. The van der Waals surface area contributed by atoms with Crippen LogP contribution in [0.5, 0.6) is 5.75 Å². The minimum Gasteiger partial charge on any atom is -0.494 e. The van der Waals surface area contributed by atoms with Crippen molar-refractivity contribution in [3.63, 3.8) is 0 Å². The lowest BCUT2D eigenvalue weighted by molar-refractivity contribution is 0.0970. The van der Waals surface area contributed by atoms with Crippen LogP contribution in [0.25, 0.3) is 11.0 Å². The molecule has 1 amide bonds. The van der Waals surface area contributed by atoms with Crippen molar-refractivity contribution < 1.29 is 13.9 Å². The van der Waals surface area contributed by atoms with E-state index >= 15 is 0 Å². The summed E-state index contributed by atoms with van der Waals surface area (Å²) in [4.78, 5) is 33.9. The fourth-order valence-corrected chi connectivity index (χ4v) is 4.63. The molecule has 0 spiro atoms. The Balaban J connectivity index is 1.70. The molecule has 0 fully saturated rings. The number of aromatic nitrogens is 1. The summed E-state index contributed by atoms with van der Waals surface area (Å²) < 4.78 is 12.1. The Morgan fingerprint density at radius 2 is 1.75 bits per heavy atom. The normalized spacial score (nSPS) is 15.1. The van der Waals surface area contributed by atoms with E-state index in [1.807, 2.05) is 69.3 Å². The van der Waals surface area contributed by atoms with Crippen molar-refractivity contribution in [1.82, 2.24) is 4.98 Å². The highest BCUT2D eigenvalue weighted by Gasteiger charge is 2.44. The summed E-state index contributed by atoms with van der Waals surface area (Å²) in [5.41, 5.74) is 4.08. The average Bonchev–Trinajstić information content (AvgIpc) is 3.13. The zero-order valence-electron chi connectivity index (χ0n) is 21.3. The summed E-state index contributed by atoms with van der Waals surface area (Å²) in [5, 5.41) is 0.470. The number of amides is 1. The summed E-state index contributed by atoms with van der Waals surface area (Å²) in [6, 6.07) is 16.1. The SMILES string of the molecule is Cc1cccc(N2C(=O)c3oc4cc(C)c(C)cc4c(=O)c3C2c2cccc(OCCC(C)C)c2)n1.